The number of hydrogen-bond donors (Lipinski definition) is 1. The Morgan fingerprint density at radius 2 is 2.31 bits per heavy atom. The number of nitriles is 1. The number of aromatic nitrogens is 2. The Kier molecular flexibility index (Phi) is 4.08. The summed E-state index contributed by atoms with van der Waals surface area (Å²) >= 11 is 0. The number of aryl methyl sites for hydroxylation is 1. The standard InChI is InChI=1S/C12H20N4/c1-10(2)11-15-6-8-16(11)7-4-5-12(3,14)9-13/h6,8,10H,4-5,7,14H2,1-3H3. The minimum Gasteiger partial charge on any atom is -0.335 e. The van der Waals surface area contributed by atoms with Crippen LogP contribution in [0.15, 0.2) is 12.4 Å². The highest BCUT2D eigenvalue weighted by molar-refractivity contribution is 5.01. The molecule has 1 unspecified atom stereocenters. The van der Waals surface area contributed by atoms with Gasteiger partial charge in [-0.25, -0.2) is 4.98 Å². The molecular weight excluding hydrogens is 200 g/mol. The second kappa shape index (κ2) is 5.13. The minimum absolute atomic E-state index is 0.426. The van der Waals surface area contributed by atoms with E-state index in [9.17, 15) is 0 Å². The molecule has 0 aliphatic heterocycles. The maximum absolute atomic E-state index is 8.80. The van der Waals surface area contributed by atoms with E-state index in [0.29, 0.717) is 12.3 Å². The molecule has 1 aromatic rings. The number of nitrogens with zero attached hydrogens (tertiary/aromatic N) is 3. The van der Waals surface area contributed by atoms with Gasteiger partial charge in [-0.2, -0.15) is 5.26 Å². The SMILES string of the molecule is CC(C)c1nccn1CCCC(C)(N)C#N. The number of nitrogens with two attached hydrogens (primary N) is 1. The second-order valence-electron chi connectivity index (χ2n) is 4.77. The molecule has 0 aromatic carbocycles. The van der Waals surface area contributed by atoms with E-state index < -0.39 is 5.54 Å². The van der Waals surface area contributed by atoms with Crippen molar-refractivity contribution in [2.75, 3.05) is 0 Å². The Morgan fingerprint density at radius 1 is 1.62 bits per heavy atom. The van der Waals surface area contributed by atoms with Crippen molar-refractivity contribution >= 4 is 0 Å². The van der Waals surface area contributed by atoms with Gasteiger partial charge in [0.05, 0.1) is 6.07 Å². The smallest absolute Gasteiger partial charge is 0.111 e. The summed E-state index contributed by atoms with van der Waals surface area (Å²) in [6, 6.07) is 2.11. The van der Waals surface area contributed by atoms with Crippen LogP contribution in [0.5, 0.6) is 0 Å². The fourth-order valence-electron chi connectivity index (χ4n) is 1.68. The summed E-state index contributed by atoms with van der Waals surface area (Å²) < 4.78 is 2.14. The summed E-state index contributed by atoms with van der Waals surface area (Å²) in [6.45, 7) is 6.90. The normalized spacial score (nSPS) is 14.8. The zero-order chi connectivity index (χ0) is 12.2. The molecule has 0 amide bonds. The van der Waals surface area contributed by atoms with Crippen molar-refractivity contribution in [1.29, 1.82) is 5.26 Å². The van der Waals surface area contributed by atoms with E-state index in [-0.39, 0.29) is 0 Å². The summed E-state index contributed by atoms with van der Waals surface area (Å²) in [5, 5.41) is 8.80. The van der Waals surface area contributed by atoms with E-state index >= 15 is 0 Å². The molecule has 0 bridgehead atoms. The fraction of sp³-hybridized carbons (Fsp3) is 0.667. The van der Waals surface area contributed by atoms with Crippen LogP contribution < -0.4 is 5.73 Å². The van der Waals surface area contributed by atoms with Crippen molar-refractivity contribution in [3.05, 3.63) is 18.2 Å². The first kappa shape index (κ1) is 12.7. The third-order valence-corrected chi connectivity index (χ3v) is 2.61. The van der Waals surface area contributed by atoms with Crippen molar-refractivity contribution in [3.8, 4) is 6.07 Å². The van der Waals surface area contributed by atoms with Crippen molar-refractivity contribution in [2.45, 2.75) is 51.6 Å². The van der Waals surface area contributed by atoms with Gasteiger partial charge >= 0.3 is 0 Å². The first-order chi connectivity index (χ1) is 7.46. The van der Waals surface area contributed by atoms with Gasteiger partial charge in [-0.3, -0.25) is 0 Å². The highest BCUT2D eigenvalue weighted by Crippen LogP contribution is 2.14. The molecule has 0 aliphatic rings. The van der Waals surface area contributed by atoms with Crippen LogP contribution in [0, 0.1) is 11.3 Å². The lowest BCUT2D eigenvalue weighted by atomic mass is 9.99. The molecule has 0 saturated heterocycles. The third kappa shape index (κ3) is 3.35. The molecule has 1 aromatic heterocycles. The van der Waals surface area contributed by atoms with Crippen molar-refractivity contribution in [2.24, 2.45) is 5.73 Å². The van der Waals surface area contributed by atoms with E-state index in [1.165, 1.54) is 0 Å². The molecule has 0 aliphatic carbocycles. The van der Waals surface area contributed by atoms with Crippen LogP contribution in [0.1, 0.15) is 45.4 Å². The Balaban J connectivity index is 2.50. The van der Waals surface area contributed by atoms with Gasteiger partial charge in [0.2, 0.25) is 0 Å². The molecule has 1 heterocycles. The number of imidazole rings is 1. The molecule has 1 rings (SSSR count). The van der Waals surface area contributed by atoms with E-state index in [4.69, 9.17) is 11.0 Å². The van der Waals surface area contributed by atoms with E-state index in [0.717, 1.165) is 18.8 Å². The molecule has 0 radical (unpaired) electrons. The molecular formula is C12H20N4. The lowest BCUT2D eigenvalue weighted by molar-refractivity contribution is 0.479. The molecule has 2 N–H and O–H groups in total. The van der Waals surface area contributed by atoms with Crippen LogP contribution in [-0.4, -0.2) is 15.1 Å². The summed E-state index contributed by atoms with van der Waals surface area (Å²) in [5.41, 5.74) is 5.06. The van der Waals surface area contributed by atoms with Gasteiger partial charge in [-0.1, -0.05) is 13.8 Å². The Labute approximate surface area is 97.1 Å². The second-order valence-corrected chi connectivity index (χ2v) is 4.77. The van der Waals surface area contributed by atoms with Crippen LogP contribution >= 0.6 is 0 Å². The van der Waals surface area contributed by atoms with Gasteiger partial charge in [-0.15, -0.1) is 0 Å². The van der Waals surface area contributed by atoms with Gasteiger partial charge in [0.25, 0.3) is 0 Å². The molecule has 16 heavy (non-hydrogen) atoms. The largest absolute Gasteiger partial charge is 0.335 e. The summed E-state index contributed by atoms with van der Waals surface area (Å²) in [7, 11) is 0. The average molecular weight is 220 g/mol. The van der Waals surface area contributed by atoms with Crippen LogP contribution in [0.2, 0.25) is 0 Å². The van der Waals surface area contributed by atoms with Crippen LogP contribution in [-0.2, 0) is 6.54 Å². The maximum Gasteiger partial charge on any atom is 0.111 e. The first-order valence-corrected chi connectivity index (χ1v) is 5.67. The molecule has 88 valence electrons. The van der Waals surface area contributed by atoms with Crippen LogP contribution in [0.3, 0.4) is 0 Å². The first-order valence-electron chi connectivity index (χ1n) is 5.67. The quantitative estimate of drug-likeness (QED) is 0.825. The zero-order valence-electron chi connectivity index (χ0n) is 10.3. The molecule has 1 atom stereocenters. The van der Waals surface area contributed by atoms with Gasteiger partial charge in [0.15, 0.2) is 0 Å². The predicted molar refractivity (Wildman–Crippen MR) is 63.8 cm³/mol. The van der Waals surface area contributed by atoms with Crippen molar-refractivity contribution in [3.63, 3.8) is 0 Å². The topological polar surface area (TPSA) is 67.6 Å². The lowest BCUT2D eigenvalue weighted by Crippen LogP contribution is -2.34. The summed E-state index contributed by atoms with van der Waals surface area (Å²) in [4.78, 5) is 4.32. The van der Waals surface area contributed by atoms with Crippen molar-refractivity contribution < 1.29 is 0 Å². The zero-order valence-corrected chi connectivity index (χ0v) is 10.3. The molecule has 0 spiro atoms. The van der Waals surface area contributed by atoms with Gasteiger partial charge in [0, 0.05) is 24.9 Å². The van der Waals surface area contributed by atoms with E-state index in [2.05, 4.69) is 29.5 Å². The molecule has 0 fully saturated rings. The molecule has 4 nitrogen and oxygen atoms in total. The maximum atomic E-state index is 8.80. The minimum atomic E-state index is -0.710. The van der Waals surface area contributed by atoms with Gasteiger partial charge in [0.1, 0.15) is 11.4 Å². The monoisotopic (exact) mass is 220 g/mol. The van der Waals surface area contributed by atoms with Crippen LogP contribution in [0.25, 0.3) is 0 Å². The number of rotatable bonds is 5. The summed E-state index contributed by atoms with van der Waals surface area (Å²) in [6.07, 6.45) is 5.41. The van der Waals surface area contributed by atoms with E-state index in [1.54, 1.807) is 6.92 Å². The highest BCUT2D eigenvalue weighted by Gasteiger charge is 2.16. The van der Waals surface area contributed by atoms with E-state index in [1.807, 2.05) is 12.4 Å². The van der Waals surface area contributed by atoms with Gasteiger partial charge in [-0.05, 0) is 19.8 Å². The molecule has 4 heteroatoms. The third-order valence-electron chi connectivity index (χ3n) is 2.61. The fourth-order valence-corrected chi connectivity index (χ4v) is 1.68. The Bertz CT molecular complexity index is 371. The Morgan fingerprint density at radius 3 is 2.88 bits per heavy atom. The van der Waals surface area contributed by atoms with Gasteiger partial charge < -0.3 is 10.3 Å². The Hall–Kier alpha value is -1.34. The average Bonchev–Trinajstić information content (AvgIpc) is 2.66. The summed E-state index contributed by atoms with van der Waals surface area (Å²) in [5.74, 6) is 1.52. The number of hydrogen-bond acceptors (Lipinski definition) is 3. The van der Waals surface area contributed by atoms with Crippen molar-refractivity contribution in [1.82, 2.24) is 9.55 Å². The molecule has 0 saturated carbocycles. The predicted octanol–water partition coefficient (Wildman–Crippen LogP) is 2.03. The highest BCUT2D eigenvalue weighted by atomic mass is 15.1. The lowest BCUT2D eigenvalue weighted by Gasteiger charge is -2.16. The van der Waals surface area contributed by atoms with Crippen LogP contribution in [0.4, 0.5) is 0 Å².